The van der Waals surface area contributed by atoms with Gasteiger partial charge in [-0.3, -0.25) is 14.4 Å². The summed E-state index contributed by atoms with van der Waals surface area (Å²) < 4.78 is 15.3. The average molecular weight is 393 g/mol. The molecule has 10 heteroatoms. The van der Waals surface area contributed by atoms with Gasteiger partial charge in [-0.1, -0.05) is 0 Å². The molecule has 0 aliphatic carbocycles. The van der Waals surface area contributed by atoms with Gasteiger partial charge in [-0.2, -0.15) is 0 Å². The standard InChI is InChI=1S/C17H19N3O6S/c1-24-12-4-3-10(5-13(12)25-2)17-20-11(9-27-17)6-16(23)26-8-15(22)19-7-14(18)21/h3-5,9H,6-8H2,1-2H3,(H2,18,21)(H,19,22). The van der Waals surface area contributed by atoms with E-state index in [1.54, 1.807) is 31.7 Å². The highest BCUT2D eigenvalue weighted by molar-refractivity contribution is 7.13. The van der Waals surface area contributed by atoms with Crippen molar-refractivity contribution in [1.29, 1.82) is 0 Å². The second-order valence-corrected chi connectivity index (χ2v) is 6.15. The van der Waals surface area contributed by atoms with Crippen molar-refractivity contribution in [2.45, 2.75) is 6.42 Å². The van der Waals surface area contributed by atoms with Crippen LogP contribution < -0.4 is 20.5 Å². The van der Waals surface area contributed by atoms with Gasteiger partial charge in [-0.15, -0.1) is 11.3 Å². The molecule has 2 rings (SSSR count). The molecule has 9 nitrogen and oxygen atoms in total. The van der Waals surface area contributed by atoms with Crippen LogP contribution in [0.4, 0.5) is 0 Å². The van der Waals surface area contributed by atoms with Crippen molar-refractivity contribution in [3.05, 3.63) is 29.3 Å². The van der Waals surface area contributed by atoms with Gasteiger partial charge in [0.1, 0.15) is 5.01 Å². The lowest BCUT2D eigenvalue weighted by Gasteiger charge is -2.08. The number of carbonyl (C=O) groups excluding carboxylic acids is 3. The lowest BCUT2D eigenvalue weighted by molar-refractivity contribution is -0.148. The van der Waals surface area contributed by atoms with E-state index in [4.69, 9.17) is 19.9 Å². The Hall–Kier alpha value is -3.14. The average Bonchev–Trinajstić information content (AvgIpc) is 3.12. The molecule has 3 N–H and O–H groups in total. The first-order valence-corrected chi connectivity index (χ1v) is 8.68. The first-order chi connectivity index (χ1) is 12.9. The van der Waals surface area contributed by atoms with Crippen LogP contribution in [0.15, 0.2) is 23.6 Å². The van der Waals surface area contributed by atoms with Gasteiger partial charge >= 0.3 is 5.97 Å². The number of methoxy groups -OCH3 is 2. The quantitative estimate of drug-likeness (QED) is 0.594. The molecule has 0 saturated carbocycles. The van der Waals surface area contributed by atoms with Gasteiger partial charge in [0.25, 0.3) is 5.91 Å². The Morgan fingerprint density at radius 2 is 1.93 bits per heavy atom. The molecular weight excluding hydrogens is 374 g/mol. The molecule has 27 heavy (non-hydrogen) atoms. The maximum Gasteiger partial charge on any atom is 0.312 e. The normalized spacial score (nSPS) is 10.1. The minimum absolute atomic E-state index is 0.0765. The summed E-state index contributed by atoms with van der Waals surface area (Å²) in [5, 5.41) is 4.66. The predicted molar refractivity (Wildman–Crippen MR) is 97.5 cm³/mol. The molecule has 0 unspecified atom stereocenters. The third kappa shape index (κ3) is 5.96. The number of nitrogens with zero attached hydrogens (tertiary/aromatic N) is 1. The number of nitrogens with one attached hydrogen (secondary N) is 1. The van der Waals surface area contributed by atoms with Crippen LogP contribution in [-0.4, -0.2) is 50.1 Å². The number of benzene rings is 1. The first-order valence-electron chi connectivity index (χ1n) is 7.80. The molecule has 0 atom stereocenters. The second-order valence-electron chi connectivity index (χ2n) is 5.29. The summed E-state index contributed by atoms with van der Waals surface area (Å²) in [6.07, 6.45) is -0.0765. The van der Waals surface area contributed by atoms with Crippen LogP contribution in [0.25, 0.3) is 10.6 Å². The van der Waals surface area contributed by atoms with Crippen molar-refractivity contribution >= 4 is 29.1 Å². The van der Waals surface area contributed by atoms with E-state index >= 15 is 0 Å². The lowest BCUT2D eigenvalue weighted by atomic mass is 10.2. The third-order valence-corrected chi connectivity index (χ3v) is 4.27. The van der Waals surface area contributed by atoms with Crippen LogP contribution >= 0.6 is 11.3 Å². The number of carbonyl (C=O) groups is 3. The Kier molecular flexibility index (Phi) is 7.12. The zero-order chi connectivity index (χ0) is 19.8. The van der Waals surface area contributed by atoms with Crippen LogP contribution in [-0.2, 0) is 25.5 Å². The number of ether oxygens (including phenoxy) is 3. The van der Waals surface area contributed by atoms with Crippen LogP contribution in [0.3, 0.4) is 0 Å². The van der Waals surface area contributed by atoms with Crippen molar-refractivity contribution in [2.75, 3.05) is 27.4 Å². The van der Waals surface area contributed by atoms with E-state index in [0.717, 1.165) is 5.56 Å². The van der Waals surface area contributed by atoms with E-state index in [1.807, 2.05) is 6.07 Å². The summed E-state index contributed by atoms with van der Waals surface area (Å²) in [4.78, 5) is 38.1. The van der Waals surface area contributed by atoms with Crippen LogP contribution in [0.2, 0.25) is 0 Å². The summed E-state index contributed by atoms with van der Waals surface area (Å²) in [7, 11) is 3.10. The van der Waals surface area contributed by atoms with Gasteiger partial charge in [0, 0.05) is 10.9 Å². The van der Waals surface area contributed by atoms with Crippen LogP contribution in [0.1, 0.15) is 5.69 Å². The van der Waals surface area contributed by atoms with E-state index < -0.39 is 24.4 Å². The molecule has 0 aliphatic rings. The molecule has 144 valence electrons. The molecule has 1 aromatic heterocycles. The molecule has 1 aromatic carbocycles. The second kappa shape index (κ2) is 9.53. The lowest BCUT2D eigenvalue weighted by Crippen LogP contribution is -2.36. The minimum atomic E-state index is -0.681. The topological polar surface area (TPSA) is 130 Å². The molecule has 0 bridgehead atoms. The largest absolute Gasteiger partial charge is 0.493 e. The summed E-state index contributed by atoms with van der Waals surface area (Å²) in [5.41, 5.74) is 6.24. The number of hydrogen-bond donors (Lipinski definition) is 2. The van der Waals surface area contributed by atoms with E-state index in [0.29, 0.717) is 22.2 Å². The Balaban J connectivity index is 1.93. The van der Waals surface area contributed by atoms with Crippen molar-refractivity contribution in [3.63, 3.8) is 0 Å². The maximum atomic E-state index is 11.8. The summed E-state index contributed by atoms with van der Waals surface area (Å²) >= 11 is 1.37. The van der Waals surface area contributed by atoms with E-state index in [1.165, 1.54) is 11.3 Å². The number of amides is 2. The van der Waals surface area contributed by atoms with Crippen molar-refractivity contribution in [2.24, 2.45) is 5.73 Å². The zero-order valence-corrected chi connectivity index (χ0v) is 15.6. The highest BCUT2D eigenvalue weighted by Crippen LogP contribution is 2.33. The highest BCUT2D eigenvalue weighted by atomic mass is 32.1. The molecule has 0 saturated heterocycles. The molecule has 2 aromatic rings. The fourth-order valence-corrected chi connectivity index (χ4v) is 2.89. The minimum Gasteiger partial charge on any atom is -0.493 e. The van der Waals surface area contributed by atoms with Crippen LogP contribution in [0.5, 0.6) is 11.5 Å². The number of primary amides is 1. The summed E-state index contributed by atoms with van der Waals surface area (Å²) in [6, 6.07) is 5.41. The Morgan fingerprint density at radius 1 is 1.19 bits per heavy atom. The molecule has 0 radical (unpaired) electrons. The summed E-state index contributed by atoms with van der Waals surface area (Å²) in [5.74, 6) is -0.705. The fourth-order valence-electron chi connectivity index (χ4n) is 2.07. The van der Waals surface area contributed by atoms with Gasteiger partial charge < -0.3 is 25.3 Å². The number of thiazole rings is 1. The highest BCUT2D eigenvalue weighted by Gasteiger charge is 2.13. The van der Waals surface area contributed by atoms with Gasteiger partial charge in [0.15, 0.2) is 18.1 Å². The molecule has 0 fully saturated rings. The first kappa shape index (κ1) is 20.2. The molecule has 2 amide bonds. The van der Waals surface area contributed by atoms with Crippen molar-refractivity contribution in [3.8, 4) is 22.1 Å². The van der Waals surface area contributed by atoms with E-state index in [9.17, 15) is 14.4 Å². The fraction of sp³-hybridized carbons (Fsp3) is 0.294. The summed E-state index contributed by atoms with van der Waals surface area (Å²) in [6.45, 7) is -0.796. The Labute approximate surface area is 159 Å². The zero-order valence-electron chi connectivity index (χ0n) is 14.8. The third-order valence-electron chi connectivity index (χ3n) is 3.33. The number of esters is 1. The number of hydrogen-bond acceptors (Lipinski definition) is 8. The SMILES string of the molecule is COc1ccc(-c2nc(CC(=O)OCC(=O)NCC(N)=O)cs2)cc1OC. The van der Waals surface area contributed by atoms with Gasteiger partial charge in [0.05, 0.1) is 32.9 Å². The van der Waals surface area contributed by atoms with Crippen molar-refractivity contribution in [1.82, 2.24) is 10.3 Å². The molecule has 0 spiro atoms. The number of nitrogens with two attached hydrogens (primary N) is 1. The molecule has 0 aliphatic heterocycles. The molecule has 1 heterocycles. The van der Waals surface area contributed by atoms with Gasteiger partial charge in [0.2, 0.25) is 5.91 Å². The van der Waals surface area contributed by atoms with Gasteiger partial charge in [-0.25, -0.2) is 4.98 Å². The van der Waals surface area contributed by atoms with E-state index in [-0.39, 0.29) is 13.0 Å². The van der Waals surface area contributed by atoms with Crippen LogP contribution in [0, 0.1) is 0 Å². The molecular formula is C17H19N3O6S. The van der Waals surface area contributed by atoms with E-state index in [2.05, 4.69) is 10.3 Å². The number of aromatic nitrogens is 1. The Morgan fingerprint density at radius 3 is 2.59 bits per heavy atom. The monoisotopic (exact) mass is 393 g/mol. The van der Waals surface area contributed by atoms with Gasteiger partial charge in [-0.05, 0) is 18.2 Å². The Bertz CT molecular complexity index is 836. The predicted octanol–water partition coefficient (Wildman–Crippen LogP) is 0.515. The number of rotatable bonds is 9. The van der Waals surface area contributed by atoms with Crippen molar-refractivity contribution < 1.29 is 28.6 Å². The maximum absolute atomic E-state index is 11.8. The smallest absolute Gasteiger partial charge is 0.312 e.